The lowest BCUT2D eigenvalue weighted by Gasteiger charge is -2.17. The van der Waals surface area contributed by atoms with E-state index in [4.69, 9.17) is 0 Å². The van der Waals surface area contributed by atoms with Crippen molar-refractivity contribution in [3.8, 4) is 11.3 Å². The fourth-order valence-electron chi connectivity index (χ4n) is 2.24. The zero-order chi connectivity index (χ0) is 16.9. The van der Waals surface area contributed by atoms with Crippen LogP contribution >= 0.6 is 0 Å². The van der Waals surface area contributed by atoms with E-state index < -0.39 is 11.7 Å². The first-order valence-electron chi connectivity index (χ1n) is 7.02. The fourth-order valence-corrected chi connectivity index (χ4v) is 2.24. The van der Waals surface area contributed by atoms with E-state index in [2.05, 4.69) is 25.8 Å². The van der Waals surface area contributed by atoms with Gasteiger partial charge in [-0.3, -0.25) is 14.8 Å². The van der Waals surface area contributed by atoms with Gasteiger partial charge in [0.25, 0.3) is 0 Å². The molecule has 1 aromatic heterocycles. The summed E-state index contributed by atoms with van der Waals surface area (Å²) in [6, 6.07) is 9.71. The molecule has 1 aliphatic rings. The Balaban J connectivity index is 1.92. The van der Waals surface area contributed by atoms with Gasteiger partial charge in [-0.2, -0.15) is 0 Å². The van der Waals surface area contributed by atoms with Crippen LogP contribution in [0.5, 0.6) is 0 Å². The maximum Gasteiger partial charge on any atom is 0.318 e. The minimum atomic E-state index is -0.895. The third-order valence-corrected chi connectivity index (χ3v) is 3.36. The van der Waals surface area contributed by atoms with Crippen molar-refractivity contribution < 1.29 is 9.18 Å². The first-order valence-corrected chi connectivity index (χ1v) is 7.02. The molecule has 0 fully saturated rings. The van der Waals surface area contributed by atoms with Crippen LogP contribution in [0.4, 0.5) is 10.1 Å². The summed E-state index contributed by atoms with van der Waals surface area (Å²) in [7, 11) is 0. The minimum Gasteiger partial charge on any atom is -0.341 e. The van der Waals surface area contributed by atoms with E-state index in [1.165, 1.54) is 24.7 Å². The second-order valence-electron chi connectivity index (χ2n) is 4.90. The van der Waals surface area contributed by atoms with Gasteiger partial charge in [-0.15, -0.1) is 4.91 Å². The molecule has 7 nitrogen and oxygen atoms in total. The molecule has 2 aromatic rings. The highest BCUT2D eigenvalue weighted by Gasteiger charge is 2.18. The van der Waals surface area contributed by atoms with Gasteiger partial charge in [0.05, 0.1) is 18.5 Å². The molecule has 2 heterocycles. The van der Waals surface area contributed by atoms with Gasteiger partial charge in [-0.25, -0.2) is 4.39 Å². The second kappa shape index (κ2) is 6.78. The quantitative estimate of drug-likeness (QED) is 0.842. The number of nitrogens with zero attached hydrogens (tertiary/aromatic N) is 3. The van der Waals surface area contributed by atoms with Crippen LogP contribution in [0.2, 0.25) is 0 Å². The van der Waals surface area contributed by atoms with Crippen molar-refractivity contribution in [1.82, 2.24) is 10.3 Å². The minimum absolute atomic E-state index is 0.0501. The van der Waals surface area contributed by atoms with E-state index >= 15 is 0 Å². The molecule has 0 saturated carbocycles. The van der Waals surface area contributed by atoms with E-state index in [9.17, 15) is 14.1 Å². The predicted octanol–water partition coefficient (Wildman–Crippen LogP) is 2.44. The molecule has 0 unspecified atom stereocenters. The fraction of sp³-hybridized carbons (Fsp3) is 0.0625. The number of rotatable bonds is 4. The smallest absolute Gasteiger partial charge is 0.318 e. The molecule has 1 aromatic carbocycles. The number of amides is 1. The normalized spacial score (nSPS) is 13.4. The average Bonchev–Trinajstić information content (AvgIpc) is 2.62. The number of pyridine rings is 1. The van der Waals surface area contributed by atoms with Crippen LogP contribution in [0.25, 0.3) is 11.3 Å². The summed E-state index contributed by atoms with van der Waals surface area (Å²) in [6.07, 6.45) is 2.92. The number of hydrogen-bond donors (Lipinski definition) is 2. The molecule has 3 rings (SSSR count). The molecule has 1 amide bonds. The van der Waals surface area contributed by atoms with Gasteiger partial charge < -0.3 is 10.6 Å². The van der Waals surface area contributed by atoms with E-state index in [0.717, 1.165) is 0 Å². The van der Waals surface area contributed by atoms with Gasteiger partial charge in [0.2, 0.25) is 0 Å². The third kappa shape index (κ3) is 3.17. The third-order valence-electron chi connectivity index (χ3n) is 3.36. The highest BCUT2D eigenvalue weighted by molar-refractivity contribution is 5.97. The van der Waals surface area contributed by atoms with Crippen molar-refractivity contribution in [2.75, 3.05) is 11.9 Å². The summed E-state index contributed by atoms with van der Waals surface area (Å²) in [4.78, 5) is 30.0. The molecule has 0 bridgehead atoms. The first kappa shape index (κ1) is 15.5. The number of nitrogens with one attached hydrogen (secondary N) is 2. The van der Waals surface area contributed by atoms with Crippen LogP contribution in [0.15, 0.2) is 64.2 Å². The molecule has 8 heteroatoms. The molecular weight excluding hydrogens is 313 g/mol. The molecule has 2 N–H and O–H groups in total. The molecule has 1 aliphatic heterocycles. The highest BCUT2D eigenvalue weighted by Crippen LogP contribution is 2.24. The number of hydrogen-bond acceptors (Lipinski definition) is 6. The summed E-state index contributed by atoms with van der Waals surface area (Å²) in [5.74, 6) is -1.01. The van der Waals surface area contributed by atoms with Crippen LogP contribution in [0.3, 0.4) is 0 Å². The number of anilines is 1. The summed E-state index contributed by atoms with van der Waals surface area (Å²) >= 11 is 0. The Hall–Kier alpha value is -3.42. The molecule has 120 valence electrons. The van der Waals surface area contributed by atoms with Crippen molar-refractivity contribution in [3.05, 3.63) is 64.7 Å². The van der Waals surface area contributed by atoms with Crippen LogP contribution in [0, 0.1) is 10.7 Å². The zero-order valence-corrected chi connectivity index (χ0v) is 12.4. The highest BCUT2D eigenvalue weighted by atomic mass is 19.1. The molecular formula is C16H12FN5O2. The van der Waals surface area contributed by atoms with Crippen LogP contribution < -0.4 is 10.6 Å². The number of aromatic nitrogens is 1. The maximum atomic E-state index is 13.9. The summed E-state index contributed by atoms with van der Waals surface area (Å²) in [5.41, 5.74) is 1.51. The predicted molar refractivity (Wildman–Crippen MR) is 87.6 cm³/mol. The zero-order valence-electron chi connectivity index (χ0n) is 12.4. The Morgan fingerprint density at radius 3 is 2.96 bits per heavy atom. The number of carbonyl (C=O) groups is 1. The number of nitroso groups, excluding NO2 is 1. The molecule has 0 atom stereocenters. The molecule has 24 heavy (non-hydrogen) atoms. The van der Waals surface area contributed by atoms with Crippen molar-refractivity contribution in [2.45, 2.75) is 0 Å². The summed E-state index contributed by atoms with van der Waals surface area (Å²) in [5, 5.41) is 8.17. The Labute approximate surface area is 136 Å². The van der Waals surface area contributed by atoms with Crippen molar-refractivity contribution in [1.29, 1.82) is 0 Å². The van der Waals surface area contributed by atoms with Crippen LogP contribution in [0.1, 0.15) is 0 Å². The molecule has 0 radical (unpaired) electrons. The number of aliphatic imine (C=N–C) groups is 1. The monoisotopic (exact) mass is 325 g/mol. The van der Waals surface area contributed by atoms with Gasteiger partial charge in [-0.1, -0.05) is 12.1 Å². The number of benzene rings is 1. The first-order chi connectivity index (χ1) is 11.7. The lowest BCUT2D eigenvalue weighted by molar-refractivity contribution is -0.114. The largest absolute Gasteiger partial charge is 0.341 e. The van der Waals surface area contributed by atoms with E-state index in [-0.39, 0.29) is 17.8 Å². The molecule has 0 aliphatic carbocycles. The number of halogens is 1. The van der Waals surface area contributed by atoms with Gasteiger partial charge in [0.15, 0.2) is 0 Å². The Morgan fingerprint density at radius 1 is 1.29 bits per heavy atom. The summed E-state index contributed by atoms with van der Waals surface area (Å²) < 4.78 is 13.9. The van der Waals surface area contributed by atoms with E-state index in [1.807, 2.05) is 0 Å². The van der Waals surface area contributed by atoms with Gasteiger partial charge in [0.1, 0.15) is 17.3 Å². The topological polar surface area (TPSA) is 95.8 Å². The second-order valence-corrected chi connectivity index (χ2v) is 4.90. The molecule has 0 saturated heterocycles. The van der Waals surface area contributed by atoms with Crippen molar-refractivity contribution in [3.63, 3.8) is 0 Å². The Bertz CT molecular complexity index is 863. The van der Waals surface area contributed by atoms with Crippen molar-refractivity contribution >= 4 is 17.9 Å². The van der Waals surface area contributed by atoms with Gasteiger partial charge >= 0.3 is 5.91 Å². The lowest BCUT2D eigenvalue weighted by Crippen LogP contribution is -2.27. The Kier molecular flexibility index (Phi) is 4.37. The SMILES string of the molecule is O=NC(=O)C1=C(Nc2cccc(-c3ncccc3F)c2)NC=NC1. The maximum absolute atomic E-state index is 13.9. The van der Waals surface area contributed by atoms with E-state index in [1.54, 1.807) is 24.3 Å². The van der Waals surface area contributed by atoms with Crippen LogP contribution in [-0.2, 0) is 4.79 Å². The Morgan fingerprint density at radius 2 is 2.17 bits per heavy atom. The molecule has 0 spiro atoms. The summed E-state index contributed by atoms with van der Waals surface area (Å²) in [6.45, 7) is 0.0501. The van der Waals surface area contributed by atoms with Gasteiger partial charge in [0, 0.05) is 22.6 Å². The lowest BCUT2D eigenvalue weighted by atomic mass is 10.1. The average molecular weight is 325 g/mol. The van der Waals surface area contributed by atoms with E-state index in [0.29, 0.717) is 17.1 Å². The van der Waals surface area contributed by atoms with Gasteiger partial charge in [-0.05, 0) is 24.3 Å². The standard InChI is InChI=1S/C16H12FN5O2/c17-13-5-2-6-19-14(13)10-3-1-4-11(7-10)21-15-12(16(23)22-24)8-18-9-20-15/h1-7,9,21H,8H2,(H,18,20). The number of carbonyl (C=O) groups excluding carboxylic acids is 1. The van der Waals surface area contributed by atoms with Crippen molar-refractivity contribution in [2.24, 2.45) is 10.2 Å². The van der Waals surface area contributed by atoms with Crippen LogP contribution in [-0.4, -0.2) is 23.8 Å².